The maximum absolute atomic E-state index is 11.1. The van der Waals surface area contributed by atoms with Crippen molar-refractivity contribution in [3.63, 3.8) is 0 Å². The molecule has 0 spiro atoms. The number of carbonyl (C=O) groups is 1. The monoisotopic (exact) mass is 284 g/mol. The molecule has 7 heteroatoms. The van der Waals surface area contributed by atoms with Gasteiger partial charge in [0.1, 0.15) is 11.3 Å². The Balaban J connectivity index is 1.83. The summed E-state index contributed by atoms with van der Waals surface area (Å²) in [6.45, 7) is 4.20. The van der Waals surface area contributed by atoms with Crippen LogP contribution < -0.4 is 4.90 Å². The minimum absolute atomic E-state index is 0.165. The molecule has 1 aliphatic rings. The molecule has 2 rings (SSSR count). The largest absolute Gasteiger partial charge is 0.469 e. The van der Waals surface area contributed by atoms with Gasteiger partial charge in [-0.2, -0.15) is 0 Å². The van der Waals surface area contributed by atoms with Crippen molar-refractivity contribution >= 4 is 23.4 Å². The summed E-state index contributed by atoms with van der Waals surface area (Å²) in [5.74, 6) is 0.616. The number of rotatable bonds is 4. The van der Waals surface area contributed by atoms with E-state index < -0.39 is 0 Å². The molecule has 2 heterocycles. The average molecular weight is 285 g/mol. The first-order valence-electron chi connectivity index (χ1n) is 6.20. The summed E-state index contributed by atoms with van der Waals surface area (Å²) in [7, 11) is 1.41. The molecule has 6 nitrogen and oxygen atoms in total. The molecule has 1 fully saturated rings. The number of anilines is 1. The third-order valence-electron chi connectivity index (χ3n) is 3.18. The molecule has 0 radical (unpaired) electrons. The number of carbonyl (C=O) groups excluding carboxylic acids is 1. The lowest BCUT2D eigenvalue weighted by molar-refractivity contribution is -0.141. The Kier molecular flexibility index (Phi) is 4.93. The van der Waals surface area contributed by atoms with E-state index >= 15 is 0 Å². The van der Waals surface area contributed by atoms with E-state index in [0.29, 0.717) is 11.4 Å². The average Bonchev–Trinajstić information content (AvgIpc) is 2.46. The molecule has 0 aliphatic carbocycles. The van der Waals surface area contributed by atoms with Gasteiger partial charge in [0.15, 0.2) is 5.82 Å². The molecule has 104 valence electrons. The van der Waals surface area contributed by atoms with Crippen LogP contribution >= 0.6 is 11.6 Å². The van der Waals surface area contributed by atoms with E-state index in [1.807, 2.05) is 0 Å². The van der Waals surface area contributed by atoms with Crippen LogP contribution in [0.1, 0.15) is 6.42 Å². The second-order valence-corrected chi connectivity index (χ2v) is 4.76. The van der Waals surface area contributed by atoms with E-state index in [1.54, 1.807) is 6.20 Å². The highest BCUT2D eigenvalue weighted by molar-refractivity contribution is 6.32. The van der Waals surface area contributed by atoms with Crippen molar-refractivity contribution in [1.29, 1.82) is 0 Å². The highest BCUT2D eigenvalue weighted by atomic mass is 35.5. The zero-order chi connectivity index (χ0) is 13.7. The quantitative estimate of drug-likeness (QED) is 0.763. The fraction of sp³-hybridized carbons (Fsp3) is 0.583. The van der Waals surface area contributed by atoms with Crippen LogP contribution in [0.15, 0.2) is 12.5 Å². The third-order valence-corrected chi connectivity index (χ3v) is 3.45. The molecule has 1 aromatic heterocycles. The maximum Gasteiger partial charge on any atom is 0.306 e. The topological polar surface area (TPSA) is 58.6 Å². The van der Waals surface area contributed by atoms with Gasteiger partial charge in [0, 0.05) is 32.7 Å². The van der Waals surface area contributed by atoms with Crippen LogP contribution in [0, 0.1) is 0 Å². The highest BCUT2D eigenvalue weighted by Crippen LogP contribution is 2.22. The van der Waals surface area contributed by atoms with E-state index in [1.165, 1.54) is 13.4 Å². The number of piperazine rings is 1. The van der Waals surface area contributed by atoms with Gasteiger partial charge in [0.2, 0.25) is 0 Å². The summed E-state index contributed by atoms with van der Waals surface area (Å²) < 4.78 is 4.64. The molecule has 0 saturated carbocycles. The van der Waals surface area contributed by atoms with Crippen LogP contribution in [-0.4, -0.2) is 60.7 Å². The summed E-state index contributed by atoms with van der Waals surface area (Å²) in [4.78, 5) is 23.6. The highest BCUT2D eigenvalue weighted by Gasteiger charge is 2.20. The Morgan fingerprint density at radius 2 is 2.16 bits per heavy atom. The van der Waals surface area contributed by atoms with Crippen molar-refractivity contribution in [1.82, 2.24) is 14.9 Å². The second-order valence-electron chi connectivity index (χ2n) is 4.35. The molecule has 0 bridgehead atoms. The first-order chi connectivity index (χ1) is 9.20. The minimum atomic E-state index is -0.165. The van der Waals surface area contributed by atoms with E-state index in [0.717, 1.165) is 38.5 Å². The van der Waals surface area contributed by atoms with Gasteiger partial charge in [-0.3, -0.25) is 9.69 Å². The van der Waals surface area contributed by atoms with Crippen LogP contribution in [0.2, 0.25) is 5.02 Å². The van der Waals surface area contributed by atoms with Gasteiger partial charge < -0.3 is 9.64 Å². The fourth-order valence-corrected chi connectivity index (χ4v) is 2.30. The van der Waals surface area contributed by atoms with E-state index in [2.05, 4.69) is 24.5 Å². The third kappa shape index (κ3) is 3.78. The van der Waals surface area contributed by atoms with Crippen molar-refractivity contribution < 1.29 is 9.53 Å². The predicted octanol–water partition coefficient (Wildman–Crippen LogP) is 0.815. The molecule has 0 aromatic carbocycles. The molecule has 19 heavy (non-hydrogen) atoms. The molecule has 0 unspecified atom stereocenters. The van der Waals surface area contributed by atoms with Gasteiger partial charge in [0.25, 0.3) is 0 Å². The molecule has 1 aliphatic heterocycles. The van der Waals surface area contributed by atoms with Crippen LogP contribution in [0.5, 0.6) is 0 Å². The van der Waals surface area contributed by atoms with Crippen LogP contribution in [0.3, 0.4) is 0 Å². The van der Waals surface area contributed by atoms with Gasteiger partial charge in [-0.05, 0) is 0 Å². The number of aromatic nitrogens is 2. The number of methoxy groups -OCH3 is 1. The van der Waals surface area contributed by atoms with Gasteiger partial charge in [-0.1, -0.05) is 11.6 Å². The number of ether oxygens (including phenoxy) is 1. The summed E-state index contributed by atoms with van der Waals surface area (Å²) in [5, 5.41) is 0.575. The molecule has 0 amide bonds. The summed E-state index contributed by atoms with van der Waals surface area (Å²) >= 11 is 6.07. The SMILES string of the molecule is COC(=O)CCN1CCN(c2ncncc2Cl)CC1. The van der Waals surface area contributed by atoms with Gasteiger partial charge >= 0.3 is 5.97 Å². The van der Waals surface area contributed by atoms with Crippen LogP contribution in [-0.2, 0) is 9.53 Å². The Morgan fingerprint density at radius 3 is 2.79 bits per heavy atom. The van der Waals surface area contributed by atoms with Crippen molar-refractivity contribution in [3.05, 3.63) is 17.5 Å². The normalized spacial score (nSPS) is 16.4. The standard InChI is InChI=1S/C12H17ClN4O2/c1-19-11(18)2-3-16-4-6-17(7-5-16)12-10(13)8-14-9-15-12/h8-9H,2-7H2,1H3. The molecule has 1 saturated heterocycles. The zero-order valence-electron chi connectivity index (χ0n) is 10.9. The number of hydrogen-bond acceptors (Lipinski definition) is 6. The first kappa shape index (κ1) is 14.0. The lowest BCUT2D eigenvalue weighted by atomic mass is 10.3. The number of esters is 1. The molecule has 0 atom stereocenters. The first-order valence-corrected chi connectivity index (χ1v) is 6.58. The summed E-state index contributed by atoms with van der Waals surface area (Å²) in [5.41, 5.74) is 0. The smallest absolute Gasteiger partial charge is 0.306 e. The van der Waals surface area contributed by atoms with Crippen molar-refractivity contribution in [2.75, 3.05) is 44.7 Å². The Morgan fingerprint density at radius 1 is 1.42 bits per heavy atom. The number of halogens is 1. The Bertz CT molecular complexity index is 435. The lowest BCUT2D eigenvalue weighted by Gasteiger charge is -2.35. The molecule has 1 aromatic rings. The van der Waals surface area contributed by atoms with Crippen molar-refractivity contribution in [2.24, 2.45) is 0 Å². The lowest BCUT2D eigenvalue weighted by Crippen LogP contribution is -2.47. The predicted molar refractivity (Wildman–Crippen MR) is 72.3 cm³/mol. The second kappa shape index (κ2) is 6.68. The van der Waals surface area contributed by atoms with Gasteiger partial charge in [0.05, 0.1) is 19.7 Å². The fourth-order valence-electron chi connectivity index (χ4n) is 2.07. The van der Waals surface area contributed by atoms with Crippen molar-refractivity contribution in [3.8, 4) is 0 Å². The maximum atomic E-state index is 11.1. The van der Waals surface area contributed by atoms with E-state index in [-0.39, 0.29) is 5.97 Å². The van der Waals surface area contributed by atoms with E-state index in [9.17, 15) is 4.79 Å². The summed E-state index contributed by atoms with van der Waals surface area (Å²) in [6, 6.07) is 0. The van der Waals surface area contributed by atoms with Crippen LogP contribution in [0.25, 0.3) is 0 Å². The molecule has 0 N–H and O–H groups in total. The van der Waals surface area contributed by atoms with Crippen molar-refractivity contribution in [2.45, 2.75) is 6.42 Å². The Hall–Kier alpha value is -1.40. The molecular weight excluding hydrogens is 268 g/mol. The summed E-state index contributed by atoms with van der Waals surface area (Å²) in [6.07, 6.45) is 3.54. The molecular formula is C12H17ClN4O2. The van der Waals surface area contributed by atoms with Gasteiger partial charge in [-0.25, -0.2) is 9.97 Å². The number of nitrogens with zero attached hydrogens (tertiary/aromatic N) is 4. The van der Waals surface area contributed by atoms with Gasteiger partial charge in [-0.15, -0.1) is 0 Å². The Labute approximate surface area is 117 Å². The number of hydrogen-bond donors (Lipinski definition) is 0. The van der Waals surface area contributed by atoms with E-state index in [4.69, 9.17) is 11.6 Å². The minimum Gasteiger partial charge on any atom is -0.469 e. The van der Waals surface area contributed by atoms with Crippen LogP contribution in [0.4, 0.5) is 5.82 Å². The zero-order valence-corrected chi connectivity index (χ0v) is 11.6.